The van der Waals surface area contributed by atoms with Crippen LogP contribution in [0.1, 0.15) is 16.8 Å². The van der Waals surface area contributed by atoms with Crippen molar-refractivity contribution in [2.45, 2.75) is 6.42 Å². The van der Waals surface area contributed by atoms with Crippen LogP contribution in [0.4, 0.5) is 0 Å². The third kappa shape index (κ3) is 3.45. The Bertz CT molecular complexity index is 547. The molecule has 0 atom stereocenters. The molecule has 108 valence electrons. The van der Waals surface area contributed by atoms with Gasteiger partial charge in [0.05, 0.1) is 6.42 Å². The number of H-pyrrole nitrogens is 1. The van der Waals surface area contributed by atoms with Crippen molar-refractivity contribution in [3.05, 3.63) is 34.2 Å². The molecule has 1 aromatic heterocycles. The molecular formula is C13H17N3O4. The van der Waals surface area contributed by atoms with E-state index in [1.54, 1.807) is 4.90 Å². The zero-order valence-electron chi connectivity index (χ0n) is 11.0. The lowest BCUT2D eigenvalue weighted by Gasteiger charge is -2.34. The van der Waals surface area contributed by atoms with Crippen LogP contribution in [0, 0.1) is 0 Å². The molecule has 1 aliphatic heterocycles. The third-order valence-electron chi connectivity index (χ3n) is 3.36. The molecule has 7 heteroatoms. The fourth-order valence-corrected chi connectivity index (χ4v) is 2.18. The van der Waals surface area contributed by atoms with Crippen LogP contribution in [0.3, 0.4) is 0 Å². The summed E-state index contributed by atoms with van der Waals surface area (Å²) in [6.07, 6.45) is 3.01. The van der Waals surface area contributed by atoms with Crippen molar-refractivity contribution < 1.29 is 14.7 Å². The van der Waals surface area contributed by atoms with Gasteiger partial charge in [0.1, 0.15) is 5.56 Å². The highest BCUT2D eigenvalue weighted by atomic mass is 16.4. The van der Waals surface area contributed by atoms with Crippen LogP contribution < -0.4 is 5.43 Å². The number of carbonyl (C=O) groups excluding carboxylic acids is 1. The number of pyridine rings is 1. The first-order valence-corrected chi connectivity index (χ1v) is 6.48. The molecule has 1 saturated heterocycles. The number of hydrogen-bond donors (Lipinski definition) is 2. The first-order valence-electron chi connectivity index (χ1n) is 6.48. The number of hydrogen-bond acceptors (Lipinski definition) is 4. The molecule has 0 unspecified atom stereocenters. The highest BCUT2D eigenvalue weighted by Crippen LogP contribution is 2.06. The fraction of sp³-hybridized carbons (Fsp3) is 0.462. The third-order valence-corrected chi connectivity index (χ3v) is 3.36. The number of aliphatic carboxylic acids is 1. The molecule has 2 N–H and O–H groups in total. The molecule has 0 bridgehead atoms. The van der Waals surface area contributed by atoms with Crippen molar-refractivity contribution in [1.29, 1.82) is 0 Å². The molecule has 7 nitrogen and oxygen atoms in total. The summed E-state index contributed by atoms with van der Waals surface area (Å²) in [7, 11) is 0. The minimum absolute atomic E-state index is 0.103. The Morgan fingerprint density at radius 1 is 1.25 bits per heavy atom. The normalized spacial score (nSPS) is 16.1. The molecule has 0 saturated carbocycles. The predicted molar refractivity (Wildman–Crippen MR) is 71.7 cm³/mol. The van der Waals surface area contributed by atoms with E-state index in [2.05, 4.69) is 4.98 Å². The van der Waals surface area contributed by atoms with Gasteiger partial charge in [0.25, 0.3) is 5.91 Å². The first kappa shape index (κ1) is 14.3. The average molecular weight is 279 g/mol. The van der Waals surface area contributed by atoms with Gasteiger partial charge in [-0.25, -0.2) is 0 Å². The lowest BCUT2D eigenvalue weighted by molar-refractivity contribution is -0.137. The minimum atomic E-state index is -0.820. The molecule has 0 aliphatic carbocycles. The van der Waals surface area contributed by atoms with Crippen molar-refractivity contribution in [2.24, 2.45) is 0 Å². The molecule has 1 amide bonds. The summed E-state index contributed by atoms with van der Waals surface area (Å²) < 4.78 is 0. The van der Waals surface area contributed by atoms with Gasteiger partial charge in [-0.15, -0.1) is 0 Å². The molecule has 1 fully saturated rings. The number of aromatic nitrogens is 1. The van der Waals surface area contributed by atoms with Gasteiger partial charge in [-0.05, 0) is 0 Å². The summed E-state index contributed by atoms with van der Waals surface area (Å²) >= 11 is 0. The Kier molecular flexibility index (Phi) is 4.52. The number of amides is 1. The van der Waals surface area contributed by atoms with Crippen molar-refractivity contribution >= 4 is 11.9 Å². The summed E-state index contributed by atoms with van der Waals surface area (Å²) in [6.45, 7) is 2.76. The van der Waals surface area contributed by atoms with Gasteiger partial charge in [-0.1, -0.05) is 0 Å². The highest BCUT2D eigenvalue weighted by Gasteiger charge is 2.23. The van der Waals surface area contributed by atoms with Gasteiger partial charge in [0.2, 0.25) is 0 Å². The van der Waals surface area contributed by atoms with E-state index in [4.69, 9.17) is 5.11 Å². The number of nitrogens with one attached hydrogen (secondary N) is 1. The topological polar surface area (TPSA) is 93.7 Å². The van der Waals surface area contributed by atoms with Gasteiger partial charge in [-0.2, -0.15) is 0 Å². The van der Waals surface area contributed by atoms with E-state index in [1.807, 2.05) is 4.90 Å². The second-order valence-corrected chi connectivity index (χ2v) is 4.70. The molecule has 2 rings (SSSR count). The highest BCUT2D eigenvalue weighted by molar-refractivity contribution is 5.93. The maximum absolute atomic E-state index is 12.2. The number of rotatable bonds is 4. The molecule has 1 aliphatic rings. The van der Waals surface area contributed by atoms with Crippen molar-refractivity contribution in [3.63, 3.8) is 0 Å². The molecule has 0 aromatic carbocycles. The second kappa shape index (κ2) is 6.33. The van der Waals surface area contributed by atoms with E-state index < -0.39 is 5.97 Å². The minimum Gasteiger partial charge on any atom is -0.481 e. The van der Waals surface area contributed by atoms with Gasteiger partial charge < -0.3 is 15.0 Å². The summed E-state index contributed by atoms with van der Waals surface area (Å²) in [5.41, 5.74) is -0.145. The van der Waals surface area contributed by atoms with E-state index >= 15 is 0 Å². The largest absolute Gasteiger partial charge is 0.481 e. The molecule has 1 aromatic rings. The van der Waals surface area contributed by atoms with E-state index in [0.717, 1.165) is 0 Å². The van der Waals surface area contributed by atoms with Crippen LogP contribution in [0.2, 0.25) is 0 Å². The van der Waals surface area contributed by atoms with E-state index in [9.17, 15) is 14.4 Å². The number of carbonyl (C=O) groups is 2. The number of nitrogens with zero attached hydrogens (tertiary/aromatic N) is 2. The van der Waals surface area contributed by atoms with E-state index in [-0.39, 0.29) is 23.3 Å². The van der Waals surface area contributed by atoms with E-state index in [1.165, 1.54) is 18.5 Å². The number of piperazine rings is 1. The SMILES string of the molecule is O=C(O)CCN1CCN(C(=O)c2c[nH]ccc2=O)CC1. The van der Waals surface area contributed by atoms with Gasteiger partial charge in [-0.3, -0.25) is 19.3 Å². The zero-order chi connectivity index (χ0) is 14.5. The van der Waals surface area contributed by atoms with Gasteiger partial charge in [0, 0.05) is 51.2 Å². The van der Waals surface area contributed by atoms with Crippen molar-refractivity contribution in [2.75, 3.05) is 32.7 Å². The van der Waals surface area contributed by atoms with Gasteiger partial charge in [0.15, 0.2) is 5.43 Å². The maximum Gasteiger partial charge on any atom is 0.304 e. The van der Waals surface area contributed by atoms with Crippen LogP contribution in [-0.4, -0.2) is 64.5 Å². The molecule has 0 spiro atoms. The van der Waals surface area contributed by atoms with Crippen LogP contribution in [0.5, 0.6) is 0 Å². The molecule has 2 heterocycles. The maximum atomic E-state index is 12.2. The van der Waals surface area contributed by atoms with Crippen molar-refractivity contribution in [1.82, 2.24) is 14.8 Å². The Balaban J connectivity index is 1.91. The van der Waals surface area contributed by atoms with Crippen molar-refractivity contribution in [3.8, 4) is 0 Å². The number of carboxylic acids is 1. The summed E-state index contributed by atoms with van der Waals surface area (Å²) in [6, 6.07) is 1.33. The Morgan fingerprint density at radius 3 is 2.55 bits per heavy atom. The first-order chi connectivity index (χ1) is 9.58. The fourth-order valence-electron chi connectivity index (χ4n) is 2.18. The quantitative estimate of drug-likeness (QED) is 0.782. The molecular weight excluding hydrogens is 262 g/mol. The Hall–Kier alpha value is -2.15. The standard InChI is InChI=1S/C13H17N3O4/c17-11-1-3-14-9-10(11)13(20)16-7-5-15(6-8-16)4-2-12(18)19/h1,3,9H,2,4-8H2,(H,14,17)(H,18,19). The Labute approximate surface area is 115 Å². The lowest BCUT2D eigenvalue weighted by Crippen LogP contribution is -2.49. The average Bonchev–Trinajstić information content (AvgIpc) is 2.45. The van der Waals surface area contributed by atoms with E-state index in [0.29, 0.717) is 32.7 Å². The summed E-state index contributed by atoms with van der Waals surface area (Å²) in [5, 5.41) is 8.63. The smallest absolute Gasteiger partial charge is 0.304 e. The van der Waals surface area contributed by atoms with Crippen LogP contribution in [0.25, 0.3) is 0 Å². The number of aromatic amines is 1. The van der Waals surface area contributed by atoms with Gasteiger partial charge >= 0.3 is 5.97 Å². The zero-order valence-corrected chi connectivity index (χ0v) is 11.0. The van der Waals surface area contributed by atoms with Crippen LogP contribution in [-0.2, 0) is 4.79 Å². The number of carboxylic acid groups (broad SMARTS) is 1. The summed E-state index contributed by atoms with van der Waals surface area (Å²) in [4.78, 5) is 40.7. The summed E-state index contributed by atoms with van der Waals surface area (Å²) in [5.74, 6) is -1.09. The predicted octanol–water partition coefficient (Wildman–Crippen LogP) is -0.393. The van der Waals surface area contributed by atoms with Crippen LogP contribution >= 0.6 is 0 Å². The second-order valence-electron chi connectivity index (χ2n) is 4.70. The lowest BCUT2D eigenvalue weighted by atomic mass is 10.2. The molecule has 20 heavy (non-hydrogen) atoms. The Morgan fingerprint density at radius 2 is 1.95 bits per heavy atom. The van der Waals surface area contributed by atoms with Crippen LogP contribution in [0.15, 0.2) is 23.3 Å². The monoisotopic (exact) mass is 279 g/mol. The molecule has 0 radical (unpaired) electrons.